The van der Waals surface area contributed by atoms with Gasteiger partial charge in [-0.15, -0.1) is 39.4 Å². The molecule has 366 valence electrons. The summed E-state index contributed by atoms with van der Waals surface area (Å²) in [5.74, 6) is -1.85. The van der Waals surface area contributed by atoms with Crippen LogP contribution in [-0.2, 0) is 39.0 Å². The number of phenolic OH excluding ortho intramolecular Hbond substituents is 1. The summed E-state index contributed by atoms with van der Waals surface area (Å²) < 4.78 is 86.2. The standard InChI is InChI=1S/C41H32N10O15S5/c1-19-13-28(31(62-11-6-12-70(56,57)58)16-27(19)46-50-41-44-29-17-32(68-65-63-54)20(2)14-33(29)67-41)47-49-36-34(69-66-64-55)15-23-22(37(36)52)9-10-26(38(23)71(59,60)61)45-48-35-21(3)24(18-42)39-43-25-7-4-5-8-30(25)51(39)40(35)53/h4-5,7-10,13-17,52-55H,6,11-12H2,1-3H3,(H,56,57,58)(H,59,60,61). The van der Waals surface area contributed by atoms with Gasteiger partial charge < -0.3 is 14.9 Å². The average Bonchev–Trinajstić information content (AvgIpc) is 3.91. The molecule has 0 saturated heterocycles. The van der Waals surface area contributed by atoms with E-state index in [4.69, 9.17) is 15.3 Å². The van der Waals surface area contributed by atoms with Gasteiger partial charge in [-0.1, -0.05) is 33.5 Å². The largest absolute Gasteiger partial charge is 0.505 e. The zero-order valence-electron chi connectivity index (χ0n) is 36.3. The number of fused-ring (bicyclic) bond motifs is 5. The molecule has 0 saturated carbocycles. The van der Waals surface area contributed by atoms with Crippen molar-refractivity contribution in [1.82, 2.24) is 14.4 Å². The number of hydrogen-bond donors (Lipinski definition) is 6. The average molecular weight is 1070 g/mol. The van der Waals surface area contributed by atoms with E-state index in [1.807, 2.05) is 13.0 Å². The van der Waals surface area contributed by atoms with E-state index in [-0.39, 0.29) is 91.1 Å². The van der Waals surface area contributed by atoms with Gasteiger partial charge in [0.15, 0.2) is 17.1 Å². The van der Waals surface area contributed by atoms with Crippen LogP contribution in [0.25, 0.3) is 37.7 Å². The molecule has 5 aromatic carbocycles. The van der Waals surface area contributed by atoms with E-state index in [2.05, 4.69) is 65.5 Å². The Morgan fingerprint density at radius 2 is 1.46 bits per heavy atom. The van der Waals surface area contributed by atoms with E-state index >= 15 is 0 Å². The molecular formula is C41H32N10O15S5. The molecule has 0 atom stereocenters. The van der Waals surface area contributed by atoms with Gasteiger partial charge in [0.25, 0.3) is 20.2 Å². The molecule has 8 rings (SSSR count). The molecule has 30 heteroatoms. The van der Waals surface area contributed by atoms with Gasteiger partial charge >= 0.3 is 0 Å². The second-order valence-electron chi connectivity index (χ2n) is 14.8. The number of phenols is 1. The SMILES string of the molecule is Cc1cc(N=Nc2c(SOOO)cc3c(S(=O)(=O)O)c(N=Nc4c(C)c(C#N)c5nc6ccccc6n5c4O)ccc3c2O)c(OCCCS(=O)(=O)O)cc1N=Nc1nc2cc(SOOO)c(C)cc2s1. The Bertz CT molecular complexity index is 3800. The molecule has 6 N–H and O–H groups in total. The van der Waals surface area contributed by atoms with Crippen molar-refractivity contribution >= 4 is 127 Å². The van der Waals surface area contributed by atoms with E-state index in [0.717, 1.165) is 34.4 Å². The third kappa shape index (κ3) is 10.8. The van der Waals surface area contributed by atoms with Crippen LogP contribution >= 0.6 is 35.4 Å². The van der Waals surface area contributed by atoms with Gasteiger partial charge in [0.05, 0.1) is 68.3 Å². The van der Waals surface area contributed by atoms with Crippen LogP contribution in [0.4, 0.5) is 33.6 Å². The fraction of sp³-hybridized carbons (Fsp3) is 0.146. The van der Waals surface area contributed by atoms with Gasteiger partial charge in [-0.25, -0.2) is 20.5 Å². The molecule has 0 fully saturated rings. The number of para-hydroxylation sites is 2. The lowest BCUT2D eigenvalue weighted by atomic mass is 10.1. The third-order valence-electron chi connectivity index (χ3n) is 10.3. The topological polar surface area (TPSA) is 364 Å². The molecule has 3 aromatic heterocycles. The molecule has 0 aliphatic rings. The van der Waals surface area contributed by atoms with E-state index < -0.39 is 48.2 Å². The maximum absolute atomic E-state index is 13.1. The van der Waals surface area contributed by atoms with Crippen molar-refractivity contribution in [2.45, 2.75) is 41.9 Å². The fourth-order valence-corrected chi connectivity index (χ4v) is 10.2. The van der Waals surface area contributed by atoms with Crippen LogP contribution in [0.5, 0.6) is 17.4 Å². The van der Waals surface area contributed by atoms with E-state index in [0.29, 0.717) is 27.0 Å². The fourth-order valence-electron chi connectivity index (χ4n) is 7.08. The van der Waals surface area contributed by atoms with Gasteiger partial charge in [-0.05, 0) is 86.8 Å². The predicted octanol–water partition coefficient (Wildman–Crippen LogP) is 11.5. The maximum atomic E-state index is 13.1. The number of aromatic hydroxyl groups is 2. The highest BCUT2D eigenvalue weighted by atomic mass is 32.2. The van der Waals surface area contributed by atoms with Crippen LogP contribution in [0, 0.1) is 32.1 Å². The number of imidazole rings is 1. The number of ether oxygens (including phenoxy) is 1. The van der Waals surface area contributed by atoms with Crippen LogP contribution in [0.15, 0.2) is 112 Å². The van der Waals surface area contributed by atoms with Crippen LogP contribution in [0.2, 0.25) is 0 Å². The van der Waals surface area contributed by atoms with Crippen molar-refractivity contribution in [2.24, 2.45) is 30.7 Å². The number of pyridine rings is 1. The number of nitriles is 1. The normalized spacial score (nSPS) is 12.5. The molecular weight excluding hydrogens is 1030 g/mol. The van der Waals surface area contributed by atoms with E-state index in [1.54, 1.807) is 37.3 Å². The highest BCUT2D eigenvalue weighted by Gasteiger charge is 2.26. The van der Waals surface area contributed by atoms with Crippen LogP contribution in [0.3, 0.4) is 0 Å². The van der Waals surface area contributed by atoms with Crippen LogP contribution in [0.1, 0.15) is 28.7 Å². The minimum Gasteiger partial charge on any atom is -0.505 e. The minimum absolute atomic E-state index is 0.00740. The van der Waals surface area contributed by atoms with Crippen molar-refractivity contribution in [3.05, 3.63) is 89.0 Å². The molecule has 3 heterocycles. The number of rotatable bonds is 18. The van der Waals surface area contributed by atoms with Crippen LogP contribution < -0.4 is 4.74 Å². The van der Waals surface area contributed by atoms with Gasteiger partial charge in [-0.2, -0.15) is 22.1 Å². The summed E-state index contributed by atoms with van der Waals surface area (Å²) in [4.78, 5) is 8.44. The predicted molar refractivity (Wildman–Crippen MR) is 255 cm³/mol. The van der Waals surface area contributed by atoms with Crippen molar-refractivity contribution in [2.75, 3.05) is 12.4 Å². The minimum atomic E-state index is -5.23. The summed E-state index contributed by atoms with van der Waals surface area (Å²) >= 11 is 2.25. The Morgan fingerprint density at radius 3 is 2.18 bits per heavy atom. The first-order valence-electron chi connectivity index (χ1n) is 19.9. The summed E-state index contributed by atoms with van der Waals surface area (Å²) in [7, 11) is -9.57. The number of hydrogen-bond acceptors (Lipinski definition) is 25. The van der Waals surface area contributed by atoms with Crippen molar-refractivity contribution < 1.29 is 70.1 Å². The van der Waals surface area contributed by atoms with Gasteiger partial charge in [0.1, 0.15) is 39.3 Å². The summed E-state index contributed by atoms with van der Waals surface area (Å²) in [5.41, 5.74) is 2.21. The second kappa shape index (κ2) is 20.9. The molecule has 71 heavy (non-hydrogen) atoms. The molecule has 0 unspecified atom stereocenters. The van der Waals surface area contributed by atoms with Crippen molar-refractivity contribution in [3.8, 4) is 23.4 Å². The molecule has 0 aliphatic heterocycles. The Labute approximate surface area is 412 Å². The Morgan fingerprint density at radius 1 is 0.761 bits per heavy atom. The lowest BCUT2D eigenvalue weighted by molar-refractivity contribution is -0.432. The van der Waals surface area contributed by atoms with Crippen molar-refractivity contribution in [1.29, 1.82) is 5.26 Å². The van der Waals surface area contributed by atoms with Gasteiger partial charge in [-0.3, -0.25) is 13.5 Å². The quantitative estimate of drug-likeness (QED) is 0.0116. The highest BCUT2D eigenvalue weighted by Crippen LogP contribution is 2.49. The number of aryl methyl sites for hydroxylation is 2. The molecule has 0 bridgehead atoms. The van der Waals surface area contributed by atoms with Crippen LogP contribution in [-0.4, -0.2) is 73.4 Å². The Kier molecular flexibility index (Phi) is 14.9. The molecule has 0 amide bonds. The Balaban J connectivity index is 1.19. The highest BCUT2D eigenvalue weighted by molar-refractivity contribution is 7.95. The first-order valence-corrected chi connectivity index (χ1v) is 25.3. The monoisotopic (exact) mass is 1060 g/mol. The molecule has 8 aromatic rings. The van der Waals surface area contributed by atoms with Gasteiger partial charge in [0.2, 0.25) is 11.0 Å². The van der Waals surface area contributed by atoms with Crippen molar-refractivity contribution in [3.63, 3.8) is 0 Å². The maximum Gasteiger partial charge on any atom is 0.297 e. The summed E-state index contributed by atoms with van der Waals surface area (Å²) in [5, 5.41) is 83.3. The van der Waals surface area contributed by atoms with E-state index in [1.165, 1.54) is 40.9 Å². The zero-order chi connectivity index (χ0) is 50.8. The van der Waals surface area contributed by atoms with E-state index in [9.17, 15) is 41.4 Å². The number of nitrogens with zero attached hydrogens (tertiary/aromatic N) is 10. The molecule has 0 radical (unpaired) electrons. The lowest BCUT2D eigenvalue weighted by Gasteiger charge is -2.13. The molecule has 0 aliphatic carbocycles. The second-order valence-corrected chi connectivity index (χ2v) is 20.3. The lowest BCUT2D eigenvalue weighted by Crippen LogP contribution is -2.08. The summed E-state index contributed by atoms with van der Waals surface area (Å²) in [6, 6.07) is 18.7. The first kappa shape index (κ1) is 50.6. The summed E-state index contributed by atoms with van der Waals surface area (Å²) in [6.07, 6.45) is -0.151. The van der Waals surface area contributed by atoms with Gasteiger partial charge in [0, 0.05) is 27.3 Å². The molecule has 0 spiro atoms. The zero-order valence-corrected chi connectivity index (χ0v) is 40.4. The number of thiazole rings is 1. The number of aromatic nitrogens is 3. The number of azo groups is 3. The smallest absolute Gasteiger partial charge is 0.297 e. The first-order chi connectivity index (χ1) is 33.9. The summed E-state index contributed by atoms with van der Waals surface area (Å²) in [6.45, 7) is 4.70. The Hall–Kier alpha value is -6.83. The molecule has 25 nitrogen and oxygen atoms in total. The number of benzene rings is 5. The third-order valence-corrected chi connectivity index (χ3v) is 14.3.